The molecule has 4 nitrogen and oxygen atoms in total. The van der Waals surface area contributed by atoms with E-state index in [-0.39, 0.29) is 22.7 Å². The third-order valence-corrected chi connectivity index (χ3v) is 6.36. The Kier molecular flexibility index (Phi) is 5.39. The second-order valence-corrected chi connectivity index (χ2v) is 9.64. The summed E-state index contributed by atoms with van der Waals surface area (Å²) in [7, 11) is 0. The van der Waals surface area contributed by atoms with E-state index in [0.29, 0.717) is 19.0 Å². The summed E-state index contributed by atoms with van der Waals surface area (Å²) in [5, 5.41) is 0. The van der Waals surface area contributed by atoms with Crippen molar-refractivity contribution in [3.8, 4) is 5.75 Å². The molecule has 0 amide bonds. The molecule has 0 aromatic heterocycles. The van der Waals surface area contributed by atoms with Crippen LogP contribution in [-0.2, 0) is 16.1 Å². The van der Waals surface area contributed by atoms with E-state index in [4.69, 9.17) is 9.47 Å². The summed E-state index contributed by atoms with van der Waals surface area (Å²) < 4.78 is 39.9. The second-order valence-electron chi connectivity index (χ2n) is 7.45. The number of hydrogen-bond acceptors (Lipinski definition) is 4. The van der Waals surface area contributed by atoms with Gasteiger partial charge < -0.3 is 14.0 Å². The van der Waals surface area contributed by atoms with Crippen LogP contribution in [0.1, 0.15) is 51.6 Å². The number of rotatable bonds is 4. The van der Waals surface area contributed by atoms with Gasteiger partial charge >= 0.3 is 0 Å². The Hall–Kier alpha value is -0.820. The van der Waals surface area contributed by atoms with Crippen LogP contribution >= 0.6 is 0 Å². The predicted molar refractivity (Wildman–Crippen MR) is 92.8 cm³/mol. The van der Waals surface area contributed by atoms with Crippen molar-refractivity contribution in [1.82, 2.24) is 4.31 Å². The van der Waals surface area contributed by atoms with E-state index >= 15 is 0 Å². The van der Waals surface area contributed by atoms with E-state index in [2.05, 4.69) is 0 Å². The lowest BCUT2D eigenvalue weighted by Crippen LogP contribution is -2.42. The number of halogens is 1. The number of ether oxygens (including phenoxy) is 2. The zero-order valence-corrected chi connectivity index (χ0v) is 15.4. The molecule has 0 aliphatic carbocycles. The van der Waals surface area contributed by atoms with E-state index in [1.54, 1.807) is 6.07 Å². The Balaban J connectivity index is 1.87. The molecular weight excluding hydrogens is 329 g/mol. The van der Waals surface area contributed by atoms with Gasteiger partial charge in [-0.25, -0.2) is 4.39 Å². The molecular formula is C18H26FNO3S. The van der Waals surface area contributed by atoms with Crippen LogP contribution in [0.5, 0.6) is 5.75 Å². The van der Waals surface area contributed by atoms with E-state index < -0.39 is 11.4 Å². The topological polar surface area (TPSA) is 44.8 Å². The second kappa shape index (κ2) is 7.20. The van der Waals surface area contributed by atoms with Crippen LogP contribution in [0.2, 0.25) is 0 Å². The highest BCUT2D eigenvalue weighted by Crippen LogP contribution is 2.41. The van der Waals surface area contributed by atoms with Crippen LogP contribution in [0.4, 0.5) is 4.39 Å². The van der Waals surface area contributed by atoms with Crippen LogP contribution in [0.15, 0.2) is 18.2 Å². The molecule has 2 aliphatic heterocycles. The Labute approximate surface area is 146 Å². The maximum Gasteiger partial charge on any atom is 0.137 e. The number of nitrogens with zero attached hydrogens (tertiary/aromatic N) is 1. The van der Waals surface area contributed by atoms with Gasteiger partial charge in [0.1, 0.15) is 22.4 Å². The van der Waals surface area contributed by atoms with Crippen molar-refractivity contribution in [3.63, 3.8) is 0 Å². The minimum Gasteiger partial charge on any atom is -0.597 e. The van der Waals surface area contributed by atoms with Crippen molar-refractivity contribution in [2.75, 3.05) is 19.8 Å². The fourth-order valence-electron chi connectivity index (χ4n) is 3.27. The zero-order valence-electron chi connectivity index (χ0n) is 14.6. The average molecular weight is 355 g/mol. The van der Waals surface area contributed by atoms with Gasteiger partial charge in [-0.15, -0.1) is 4.31 Å². The molecule has 2 heterocycles. The minimum atomic E-state index is -1.13. The molecule has 3 unspecified atom stereocenters. The molecule has 2 fully saturated rings. The van der Waals surface area contributed by atoms with E-state index in [1.165, 1.54) is 12.1 Å². The van der Waals surface area contributed by atoms with Crippen LogP contribution in [-0.4, -0.2) is 39.5 Å². The van der Waals surface area contributed by atoms with Crippen LogP contribution < -0.4 is 4.74 Å². The lowest BCUT2D eigenvalue weighted by Gasteiger charge is -2.34. The van der Waals surface area contributed by atoms with E-state index in [1.807, 2.05) is 25.1 Å². The number of benzene rings is 1. The van der Waals surface area contributed by atoms with Crippen molar-refractivity contribution >= 4 is 11.4 Å². The van der Waals surface area contributed by atoms with E-state index in [0.717, 1.165) is 31.4 Å². The molecule has 2 saturated heterocycles. The average Bonchev–Trinajstić information content (AvgIpc) is 3.18. The minimum absolute atomic E-state index is 0.0113. The highest BCUT2D eigenvalue weighted by atomic mass is 32.2. The highest BCUT2D eigenvalue weighted by molar-refractivity contribution is 7.90. The molecule has 3 rings (SSSR count). The zero-order chi connectivity index (χ0) is 17.3. The smallest absolute Gasteiger partial charge is 0.137 e. The van der Waals surface area contributed by atoms with Gasteiger partial charge in [0, 0.05) is 29.9 Å². The maximum atomic E-state index is 13.9. The fourth-order valence-corrected chi connectivity index (χ4v) is 4.72. The van der Waals surface area contributed by atoms with Gasteiger partial charge in [-0.2, -0.15) is 0 Å². The summed E-state index contributed by atoms with van der Waals surface area (Å²) in [5.41, 5.74) is 0.803. The molecule has 6 heteroatoms. The normalized spacial score (nSPS) is 26.7. The van der Waals surface area contributed by atoms with Crippen LogP contribution in [0.3, 0.4) is 0 Å². The Morgan fingerprint density at radius 3 is 2.79 bits per heavy atom. The van der Waals surface area contributed by atoms with Crippen LogP contribution in [0.25, 0.3) is 0 Å². The largest absolute Gasteiger partial charge is 0.597 e. The predicted octanol–water partition coefficient (Wildman–Crippen LogP) is 3.59. The molecule has 0 spiro atoms. The molecule has 0 N–H and O–H groups in total. The monoisotopic (exact) mass is 355 g/mol. The molecule has 24 heavy (non-hydrogen) atoms. The summed E-state index contributed by atoms with van der Waals surface area (Å²) in [4.78, 5) is 0. The summed E-state index contributed by atoms with van der Waals surface area (Å²) in [6, 6.07) is 4.58. The quantitative estimate of drug-likeness (QED) is 0.774. The van der Waals surface area contributed by atoms with E-state index in [9.17, 15) is 8.94 Å². The molecule has 2 aliphatic rings. The first kappa shape index (κ1) is 18.0. The van der Waals surface area contributed by atoms with Crippen molar-refractivity contribution in [2.24, 2.45) is 0 Å². The fraction of sp³-hybridized carbons (Fsp3) is 0.667. The standard InChI is InChI=1S/C18H26FNO3S/c1-18(2,3)24(21)20-9-4-5-16(20)15-11-13(19)6-7-17(15)23-14-8-10-22-12-14/h6-7,11,14,16H,4-5,8-10,12H2,1-3H3. The summed E-state index contributed by atoms with van der Waals surface area (Å²) in [6.45, 7) is 7.94. The van der Waals surface area contributed by atoms with Crippen molar-refractivity contribution in [3.05, 3.63) is 29.6 Å². The first-order valence-corrected chi connectivity index (χ1v) is 9.69. The lowest BCUT2D eigenvalue weighted by molar-refractivity contribution is 0.139. The Morgan fingerprint density at radius 1 is 1.33 bits per heavy atom. The van der Waals surface area contributed by atoms with Crippen molar-refractivity contribution in [2.45, 2.75) is 56.9 Å². The maximum absolute atomic E-state index is 13.9. The van der Waals surface area contributed by atoms with Crippen molar-refractivity contribution in [1.29, 1.82) is 0 Å². The molecule has 1 aromatic carbocycles. The first-order chi connectivity index (χ1) is 11.4. The van der Waals surface area contributed by atoms with Gasteiger partial charge in [-0.3, -0.25) is 0 Å². The summed E-state index contributed by atoms with van der Waals surface area (Å²) in [5.74, 6) is 0.406. The lowest BCUT2D eigenvalue weighted by atomic mass is 10.0. The SMILES string of the molecule is CC(C)(C)[S+]([O-])N1CCCC1c1cc(F)ccc1OC1CCOC1. The van der Waals surface area contributed by atoms with Gasteiger partial charge in [-0.05, 0) is 51.8 Å². The molecule has 1 aromatic rings. The first-order valence-electron chi connectivity index (χ1n) is 8.59. The molecule has 0 saturated carbocycles. The number of hydrogen-bond donors (Lipinski definition) is 0. The van der Waals surface area contributed by atoms with Gasteiger partial charge in [-0.1, -0.05) is 0 Å². The molecule has 134 valence electrons. The molecule has 0 bridgehead atoms. The Bertz CT molecular complexity index is 572. The van der Waals surface area contributed by atoms with Crippen molar-refractivity contribution < 1.29 is 18.4 Å². The molecule has 3 atom stereocenters. The Morgan fingerprint density at radius 2 is 2.12 bits per heavy atom. The van der Waals surface area contributed by atoms with Gasteiger partial charge in [0.2, 0.25) is 0 Å². The van der Waals surface area contributed by atoms with Gasteiger partial charge in [0.15, 0.2) is 0 Å². The molecule has 0 radical (unpaired) electrons. The summed E-state index contributed by atoms with van der Waals surface area (Å²) >= 11 is -1.13. The highest BCUT2D eigenvalue weighted by Gasteiger charge is 2.42. The van der Waals surface area contributed by atoms with Gasteiger partial charge in [0.25, 0.3) is 0 Å². The van der Waals surface area contributed by atoms with Gasteiger partial charge in [0.05, 0.1) is 19.3 Å². The third kappa shape index (κ3) is 3.87. The van der Waals surface area contributed by atoms with Crippen LogP contribution in [0, 0.1) is 5.82 Å². The third-order valence-electron chi connectivity index (χ3n) is 4.45. The summed E-state index contributed by atoms with van der Waals surface area (Å²) in [6.07, 6.45) is 2.67.